The molecule has 2 aromatic heterocycles. The first-order valence-electron chi connectivity index (χ1n) is 14.1. The molecular weight excluding hydrogens is 581 g/mol. The fourth-order valence-corrected chi connectivity index (χ4v) is 10.8. The van der Waals surface area contributed by atoms with Crippen molar-refractivity contribution in [1.82, 2.24) is 24.6 Å². The van der Waals surface area contributed by atoms with E-state index in [9.17, 15) is 28.6 Å². The number of halogens is 1. The third kappa shape index (κ3) is 6.25. The van der Waals surface area contributed by atoms with Crippen LogP contribution in [0.5, 0.6) is 0 Å². The Bertz CT molecular complexity index is 1380. The van der Waals surface area contributed by atoms with E-state index in [4.69, 9.17) is 14.5 Å². The van der Waals surface area contributed by atoms with Crippen molar-refractivity contribution in [2.45, 2.75) is 75.9 Å². The molecule has 7 rings (SSSR count). The van der Waals surface area contributed by atoms with Gasteiger partial charge < -0.3 is 34.9 Å². The van der Waals surface area contributed by atoms with E-state index in [2.05, 4.69) is 25.4 Å². The number of aromatic nitrogens is 4. The summed E-state index contributed by atoms with van der Waals surface area (Å²) in [7, 11) is -9.25. The molecule has 17 heteroatoms. The van der Waals surface area contributed by atoms with Crippen LogP contribution in [0.4, 0.5) is 10.2 Å². The molecule has 2 aromatic rings. The van der Waals surface area contributed by atoms with Gasteiger partial charge in [-0.15, -0.1) is 0 Å². The van der Waals surface area contributed by atoms with Crippen LogP contribution in [0.2, 0.25) is 0 Å². The highest BCUT2D eigenvalue weighted by Gasteiger charge is 2.48. The van der Waals surface area contributed by atoms with Gasteiger partial charge in [0.1, 0.15) is 24.2 Å². The summed E-state index contributed by atoms with van der Waals surface area (Å²) in [5.41, 5.74) is 0.614. The molecule has 4 bridgehead atoms. The summed E-state index contributed by atoms with van der Waals surface area (Å²) in [6.45, 7) is 0.116. The molecule has 0 aromatic carbocycles. The quantitative estimate of drug-likeness (QED) is 0.150. The van der Waals surface area contributed by atoms with E-state index in [1.807, 2.05) is 0 Å². The van der Waals surface area contributed by atoms with Gasteiger partial charge in [-0.25, -0.2) is 10.1 Å². The maximum atomic E-state index is 14.6. The van der Waals surface area contributed by atoms with E-state index in [1.165, 1.54) is 55.8 Å². The van der Waals surface area contributed by atoms with Crippen molar-refractivity contribution in [2.24, 2.45) is 23.2 Å². The Hall–Kier alpha value is -1.54. The number of anilines is 1. The predicted molar refractivity (Wildman–Crippen MR) is 144 cm³/mol. The Kier molecular flexibility index (Phi) is 7.83. The zero-order valence-electron chi connectivity index (χ0n) is 22.4. The number of hydrogen-bond donors (Lipinski definition) is 7. The van der Waals surface area contributed by atoms with Gasteiger partial charge >= 0.3 is 13.7 Å². The van der Waals surface area contributed by atoms with Gasteiger partial charge in [0.05, 0.1) is 6.33 Å². The molecule has 1 saturated heterocycles. The largest absolute Gasteiger partial charge is 0.387 e. The summed E-state index contributed by atoms with van der Waals surface area (Å²) >= 11 is 0. The molecule has 9 atom stereocenters. The van der Waals surface area contributed by atoms with Crippen molar-refractivity contribution in [3.05, 3.63) is 12.4 Å². The summed E-state index contributed by atoms with van der Waals surface area (Å²) in [6.07, 6.45) is 4.83. The van der Waals surface area contributed by atoms with Crippen LogP contribution in [-0.4, -0.2) is 81.7 Å². The molecule has 3 heterocycles. The van der Waals surface area contributed by atoms with Crippen LogP contribution in [0.1, 0.15) is 57.6 Å². The second-order valence-corrected chi connectivity index (χ2v) is 16.7. The fraction of sp³-hybridized carbons (Fsp3) is 0.792. The molecule has 14 nitrogen and oxygen atoms in total. The maximum Gasteiger partial charge on any atom is 0.336 e. The first-order chi connectivity index (χ1) is 19.3. The summed E-state index contributed by atoms with van der Waals surface area (Å²) in [6, 6.07) is 0. The number of imidazole rings is 1. The van der Waals surface area contributed by atoms with Gasteiger partial charge in [-0.2, -0.15) is 14.4 Å². The monoisotopic (exact) mass is 618 g/mol. The number of hydrogen-bond acceptors (Lipinski definition) is 9. The molecule has 0 spiro atoms. The lowest BCUT2D eigenvalue weighted by molar-refractivity contribution is -0.0332. The molecule has 1 aliphatic heterocycles. The topological polar surface area (TPSA) is 212 Å². The van der Waals surface area contributed by atoms with Gasteiger partial charge in [-0.1, -0.05) is 12.8 Å². The first-order valence-corrected chi connectivity index (χ1v) is 17.7. The van der Waals surface area contributed by atoms with Gasteiger partial charge in [-0.3, -0.25) is 13.7 Å². The summed E-state index contributed by atoms with van der Waals surface area (Å²) in [5, 5.41) is 26.5. The lowest BCUT2D eigenvalue weighted by Gasteiger charge is -2.48. The number of nitrogens with zero attached hydrogens (tertiary/aromatic N) is 4. The Morgan fingerprint density at radius 1 is 1.05 bits per heavy atom. The second kappa shape index (κ2) is 10.9. The van der Waals surface area contributed by atoms with Crippen LogP contribution in [-0.2, 0) is 13.9 Å². The fourth-order valence-electron chi connectivity index (χ4n) is 7.98. The van der Waals surface area contributed by atoms with Crippen LogP contribution in [0, 0.1) is 29.2 Å². The maximum absolute atomic E-state index is 14.6. The van der Waals surface area contributed by atoms with Crippen molar-refractivity contribution in [2.75, 3.05) is 24.3 Å². The predicted octanol–water partition coefficient (Wildman–Crippen LogP) is 1.90. The van der Waals surface area contributed by atoms with Crippen LogP contribution < -0.4 is 10.4 Å². The van der Waals surface area contributed by atoms with Crippen molar-refractivity contribution in [3.8, 4) is 0 Å². The van der Waals surface area contributed by atoms with E-state index in [1.54, 1.807) is 0 Å². The molecule has 7 N–H and O–H groups in total. The Labute approximate surface area is 235 Å². The lowest BCUT2D eigenvalue weighted by Crippen LogP contribution is -2.38. The Morgan fingerprint density at radius 3 is 2.41 bits per heavy atom. The van der Waals surface area contributed by atoms with Crippen molar-refractivity contribution in [3.63, 3.8) is 0 Å². The van der Waals surface area contributed by atoms with E-state index in [0.717, 1.165) is 24.2 Å². The van der Waals surface area contributed by atoms with Gasteiger partial charge in [0.25, 0.3) is 7.52 Å². The van der Waals surface area contributed by atoms with Crippen LogP contribution in [0.3, 0.4) is 0 Å². The number of nitrogens with one attached hydrogen (secondary N) is 2. The minimum absolute atomic E-state index is 0.0331. The molecule has 0 amide bonds. The minimum atomic E-state index is -4.79. The first kappa shape index (κ1) is 29.5. The number of fused-ring (bicyclic) bond motifs is 2. The van der Waals surface area contributed by atoms with Gasteiger partial charge in [-0.05, 0) is 61.7 Å². The average molecular weight is 619 g/mol. The molecule has 6 unspecified atom stereocenters. The highest BCUT2D eigenvalue weighted by atomic mass is 31.2. The van der Waals surface area contributed by atoms with Crippen molar-refractivity contribution in [1.29, 1.82) is 0 Å². The van der Waals surface area contributed by atoms with E-state index in [-0.39, 0.29) is 17.0 Å². The highest BCUT2D eigenvalue weighted by molar-refractivity contribution is 7.71. The molecule has 5 aliphatic rings. The molecule has 4 aliphatic carbocycles. The van der Waals surface area contributed by atoms with Gasteiger partial charge in [0, 0.05) is 13.1 Å². The van der Waals surface area contributed by atoms with Crippen LogP contribution in [0.25, 0.3) is 11.2 Å². The summed E-state index contributed by atoms with van der Waals surface area (Å²) in [4.78, 5) is 39.9. The summed E-state index contributed by atoms with van der Waals surface area (Å²) in [5.74, 6) is 1.36. The Morgan fingerprint density at radius 2 is 1.73 bits per heavy atom. The molecule has 4 saturated carbocycles. The van der Waals surface area contributed by atoms with E-state index < -0.39 is 58.2 Å². The summed E-state index contributed by atoms with van der Waals surface area (Å²) < 4.78 is 44.7. The smallest absolute Gasteiger partial charge is 0.336 e. The standard InChI is InChI=1S/C24H37FN6O8P2/c25-23-29-20(26-4-3-24-7-13-1-2-14(8-24)6-15(5-13)9-24)17-21(30-23)31(11-27-17)22-19(33)18(32)16(39-22)10-28-40(34,35)12-41(36,37)38/h11,13-16,18-19,22,32-33H,1-10,12H2,(H,26,29,30)(H2,28,34,35)(H2,36,37,38)/t13-,14?,15?,16-,18?,19?,22-,24?/m1/s1. The van der Waals surface area contributed by atoms with Gasteiger partial charge in [0.2, 0.25) is 0 Å². The van der Waals surface area contributed by atoms with Crippen molar-refractivity contribution < 1.29 is 43.2 Å². The normalized spacial score (nSPS) is 36.5. The van der Waals surface area contributed by atoms with Crippen molar-refractivity contribution >= 4 is 32.1 Å². The highest BCUT2D eigenvalue weighted by Crippen LogP contribution is 2.59. The zero-order chi connectivity index (χ0) is 29.2. The number of aliphatic hydroxyl groups is 2. The SMILES string of the molecule is O=P(O)(O)CP(=O)(O)NC[C@H]1O[C@@H](n2cnc3c(NCCC45CC6CC[C@H](CC(C6)C4)C5)nc(F)nc32)C(O)C1O. The van der Waals surface area contributed by atoms with E-state index >= 15 is 0 Å². The molecule has 228 valence electrons. The van der Waals surface area contributed by atoms with Gasteiger partial charge in [0.15, 0.2) is 23.2 Å². The second-order valence-electron chi connectivity index (χ2n) is 12.5. The lowest BCUT2D eigenvalue weighted by atomic mass is 9.57. The van der Waals surface area contributed by atoms with E-state index in [0.29, 0.717) is 12.0 Å². The Balaban J connectivity index is 1.14. The average Bonchev–Trinajstić information content (AvgIpc) is 3.31. The molecule has 5 fully saturated rings. The number of aliphatic hydroxyl groups excluding tert-OH is 2. The van der Waals surface area contributed by atoms with Crippen LogP contribution in [0.15, 0.2) is 6.33 Å². The molecule has 0 radical (unpaired) electrons. The molecule has 41 heavy (non-hydrogen) atoms. The third-order valence-corrected chi connectivity index (χ3v) is 13.0. The number of rotatable bonds is 10. The third-order valence-electron chi connectivity index (χ3n) is 9.35. The zero-order valence-corrected chi connectivity index (χ0v) is 24.2. The number of ether oxygens (including phenoxy) is 1. The van der Waals surface area contributed by atoms with Crippen LogP contribution >= 0.6 is 15.1 Å². The molecular formula is C24H37FN6O8P2. The minimum Gasteiger partial charge on any atom is -0.387 e.